The topological polar surface area (TPSA) is 24.5 Å². The third-order valence-electron chi connectivity index (χ3n) is 4.44. The smallest absolute Gasteiger partial charge is 0.124 e. The predicted molar refractivity (Wildman–Crippen MR) is 88.9 cm³/mol. The molecule has 3 unspecified atom stereocenters. The predicted octanol–water partition coefficient (Wildman–Crippen LogP) is 3.61. The second-order valence-electron chi connectivity index (χ2n) is 6.64. The Labute approximate surface area is 129 Å². The van der Waals surface area contributed by atoms with Gasteiger partial charge in [0.25, 0.3) is 0 Å². The molecule has 0 aromatic heterocycles. The summed E-state index contributed by atoms with van der Waals surface area (Å²) in [6, 6.07) is 9.96. The molecule has 0 spiro atoms. The standard InChI is InChI=1S/C18H30N2O/c1-13(2)21-18-9-7-6-8-17(18)15(4)19-16-10-11-20(5)14(3)12-16/h6-9,13-16,19H,10-12H2,1-5H3. The maximum atomic E-state index is 5.95. The van der Waals surface area contributed by atoms with Crippen LogP contribution in [0.25, 0.3) is 0 Å². The van der Waals surface area contributed by atoms with Crippen molar-refractivity contribution in [1.29, 1.82) is 0 Å². The zero-order chi connectivity index (χ0) is 15.4. The second kappa shape index (κ2) is 7.28. The van der Waals surface area contributed by atoms with Crippen molar-refractivity contribution >= 4 is 0 Å². The molecule has 1 heterocycles. The minimum Gasteiger partial charge on any atom is -0.491 e. The highest BCUT2D eigenvalue weighted by Crippen LogP contribution is 2.27. The zero-order valence-corrected chi connectivity index (χ0v) is 14.1. The number of benzene rings is 1. The van der Waals surface area contributed by atoms with Crippen molar-refractivity contribution in [3.05, 3.63) is 29.8 Å². The van der Waals surface area contributed by atoms with Gasteiger partial charge in [0.05, 0.1) is 6.10 Å². The largest absolute Gasteiger partial charge is 0.491 e. The Morgan fingerprint density at radius 2 is 1.95 bits per heavy atom. The first kappa shape index (κ1) is 16.3. The molecule has 1 fully saturated rings. The van der Waals surface area contributed by atoms with Crippen molar-refractivity contribution in [3.8, 4) is 5.75 Å². The maximum Gasteiger partial charge on any atom is 0.124 e. The van der Waals surface area contributed by atoms with Gasteiger partial charge in [-0.25, -0.2) is 0 Å². The minimum atomic E-state index is 0.210. The number of piperidine rings is 1. The van der Waals surface area contributed by atoms with Gasteiger partial charge in [-0.2, -0.15) is 0 Å². The lowest BCUT2D eigenvalue weighted by Crippen LogP contribution is -2.46. The van der Waals surface area contributed by atoms with Crippen LogP contribution >= 0.6 is 0 Å². The van der Waals surface area contributed by atoms with E-state index in [9.17, 15) is 0 Å². The molecule has 0 amide bonds. The highest BCUT2D eigenvalue weighted by molar-refractivity contribution is 5.35. The summed E-state index contributed by atoms with van der Waals surface area (Å²) in [5.74, 6) is 1.01. The number of nitrogens with one attached hydrogen (secondary N) is 1. The van der Waals surface area contributed by atoms with Crippen LogP contribution in [0.4, 0.5) is 0 Å². The van der Waals surface area contributed by atoms with Gasteiger partial charge in [-0.15, -0.1) is 0 Å². The molecule has 1 saturated heterocycles. The molecule has 1 aromatic rings. The van der Waals surface area contributed by atoms with Crippen LogP contribution in [0.2, 0.25) is 0 Å². The number of nitrogens with zero attached hydrogens (tertiary/aromatic N) is 1. The number of para-hydroxylation sites is 1. The van der Waals surface area contributed by atoms with Crippen LogP contribution in [0, 0.1) is 0 Å². The van der Waals surface area contributed by atoms with Gasteiger partial charge in [-0.05, 0) is 60.2 Å². The lowest BCUT2D eigenvalue weighted by Gasteiger charge is -2.37. The Morgan fingerprint density at radius 1 is 1.24 bits per heavy atom. The van der Waals surface area contributed by atoms with Crippen LogP contribution in [0.3, 0.4) is 0 Å². The average molecular weight is 290 g/mol. The summed E-state index contributed by atoms with van der Waals surface area (Å²) in [4.78, 5) is 2.44. The third-order valence-corrected chi connectivity index (χ3v) is 4.44. The van der Waals surface area contributed by atoms with E-state index < -0.39 is 0 Å². The fourth-order valence-corrected chi connectivity index (χ4v) is 3.08. The molecular weight excluding hydrogens is 260 g/mol. The molecular formula is C18H30N2O. The first-order valence-electron chi connectivity index (χ1n) is 8.19. The van der Waals surface area contributed by atoms with Crippen molar-refractivity contribution in [3.63, 3.8) is 0 Å². The second-order valence-corrected chi connectivity index (χ2v) is 6.64. The summed E-state index contributed by atoms with van der Waals surface area (Å²) < 4.78 is 5.95. The molecule has 118 valence electrons. The molecule has 1 aliphatic rings. The number of likely N-dealkylation sites (tertiary alicyclic amines) is 1. The molecule has 3 nitrogen and oxygen atoms in total. The summed E-state index contributed by atoms with van der Waals surface area (Å²) in [7, 11) is 2.22. The lowest BCUT2D eigenvalue weighted by atomic mass is 9.97. The van der Waals surface area contributed by atoms with Gasteiger partial charge in [-0.3, -0.25) is 0 Å². The van der Waals surface area contributed by atoms with Crippen LogP contribution in [-0.2, 0) is 0 Å². The Balaban J connectivity index is 2.01. The normalized spacial score (nSPS) is 25.0. The lowest BCUT2D eigenvalue weighted by molar-refractivity contribution is 0.162. The summed E-state index contributed by atoms with van der Waals surface area (Å²) in [6.45, 7) is 9.89. The molecule has 3 heteroatoms. The fourth-order valence-electron chi connectivity index (χ4n) is 3.08. The molecule has 0 radical (unpaired) electrons. The van der Waals surface area contributed by atoms with Crippen molar-refractivity contribution in [1.82, 2.24) is 10.2 Å². The SMILES string of the molecule is CC(C)Oc1ccccc1C(C)NC1CCN(C)C(C)C1. The first-order valence-corrected chi connectivity index (χ1v) is 8.19. The molecule has 1 aromatic carbocycles. The van der Waals surface area contributed by atoms with Crippen LogP contribution in [0.5, 0.6) is 5.75 Å². The van der Waals surface area contributed by atoms with Crippen molar-refractivity contribution in [2.45, 2.75) is 64.8 Å². The summed E-state index contributed by atoms with van der Waals surface area (Å²) in [5.41, 5.74) is 1.26. The van der Waals surface area contributed by atoms with E-state index in [2.05, 4.69) is 63.2 Å². The number of hydrogen-bond donors (Lipinski definition) is 1. The van der Waals surface area contributed by atoms with Crippen molar-refractivity contribution in [2.75, 3.05) is 13.6 Å². The first-order chi connectivity index (χ1) is 9.97. The Morgan fingerprint density at radius 3 is 2.62 bits per heavy atom. The maximum absolute atomic E-state index is 5.95. The van der Waals surface area contributed by atoms with E-state index in [4.69, 9.17) is 4.74 Å². The van der Waals surface area contributed by atoms with Gasteiger partial charge in [0.15, 0.2) is 0 Å². The third kappa shape index (κ3) is 4.45. The Kier molecular flexibility index (Phi) is 5.65. The summed E-state index contributed by atoms with van der Waals surface area (Å²) in [6.07, 6.45) is 2.65. The number of hydrogen-bond acceptors (Lipinski definition) is 3. The number of rotatable bonds is 5. The van der Waals surface area contributed by atoms with Crippen LogP contribution in [0.15, 0.2) is 24.3 Å². The fraction of sp³-hybridized carbons (Fsp3) is 0.667. The monoisotopic (exact) mass is 290 g/mol. The zero-order valence-electron chi connectivity index (χ0n) is 14.1. The highest BCUT2D eigenvalue weighted by atomic mass is 16.5. The molecule has 1 N–H and O–H groups in total. The molecule has 21 heavy (non-hydrogen) atoms. The van der Waals surface area contributed by atoms with Crippen molar-refractivity contribution in [2.24, 2.45) is 0 Å². The van der Waals surface area contributed by atoms with Crippen LogP contribution in [0.1, 0.15) is 52.1 Å². The molecule has 2 rings (SSSR count). The van der Waals surface area contributed by atoms with E-state index in [-0.39, 0.29) is 6.10 Å². The molecule has 0 bridgehead atoms. The molecule has 0 saturated carbocycles. The molecule has 0 aliphatic carbocycles. The van der Waals surface area contributed by atoms with E-state index in [0.717, 1.165) is 5.75 Å². The molecule has 1 aliphatic heterocycles. The van der Waals surface area contributed by atoms with E-state index in [1.165, 1.54) is 24.9 Å². The van der Waals surface area contributed by atoms with Gasteiger partial charge in [-0.1, -0.05) is 18.2 Å². The van der Waals surface area contributed by atoms with E-state index in [1.807, 2.05) is 6.07 Å². The summed E-state index contributed by atoms with van der Waals surface area (Å²) in [5, 5.41) is 3.79. The van der Waals surface area contributed by atoms with Crippen LogP contribution < -0.4 is 10.1 Å². The van der Waals surface area contributed by atoms with Gasteiger partial charge >= 0.3 is 0 Å². The Hall–Kier alpha value is -1.06. The average Bonchev–Trinajstić information content (AvgIpc) is 2.43. The number of ether oxygens (including phenoxy) is 1. The van der Waals surface area contributed by atoms with Gasteiger partial charge in [0.1, 0.15) is 5.75 Å². The van der Waals surface area contributed by atoms with Gasteiger partial charge in [0.2, 0.25) is 0 Å². The quantitative estimate of drug-likeness (QED) is 0.896. The highest BCUT2D eigenvalue weighted by Gasteiger charge is 2.24. The Bertz CT molecular complexity index is 447. The van der Waals surface area contributed by atoms with Gasteiger partial charge in [0, 0.05) is 23.7 Å². The summed E-state index contributed by atoms with van der Waals surface area (Å²) >= 11 is 0. The van der Waals surface area contributed by atoms with Crippen molar-refractivity contribution < 1.29 is 4.74 Å². The van der Waals surface area contributed by atoms with E-state index >= 15 is 0 Å². The van der Waals surface area contributed by atoms with E-state index in [1.54, 1.807) is 0 Å². The van der Waals surface area contributed by atoms with E-state index in [0.29, 0.717) is 18.1 Å². The molecule has 3 atom stereocenters. The minimum absolute atomic E-state index is 0.210. The van der Waals surface area contributed by atoms with Gasteiger partial charge < -0.3 is 15.0 Å². The van der Waals surface area contributed by atoms with Crippen LogP contribution in [-0.4, -0.2) is 36.7 Å².